The van der Waals surface area contributed by atoms with Crippen molar-refractivity contribution in [3.8, 4) is 17.2 Å². The third kappa shape index (κ3) is 5.28. The fourth-order valence-corrected chi connectivity index (χ4v) is 4.03. The molecule has 2 aromatic carbocycles. The molecule has 6 nitrogen and oxygen atoms in total. The van der Waals surface area contributed by atoms with Gasteiger partial charge in [-0.25, -0.2) is 4.98 Å². The van der Waals surface area contributed by atoms with Gasteiger partial charge in [0.2, 0.25) is 5.75 Å². The molecule has 7 heteroatoms. The lowest BCUT2D eigenvalue weighted by Gasteiger charge is -2.18. The van der Waals surface area contributed by atoms with Crippen molar-refractivity contribution in [3.05, 3.63) is 41.5 Å². The van der Waals surface area contributed by atoms with Crippen molar-refractivity contribution in [2.75, 3.05) is 25.1 Å². The normalized spacial score (nSPS) is 11.4. The van der Waals surface area contributed by atoms with Crippen molar-refractivity contribution in [1.82, 2.24) is 4.98 Å². The molecule has 1 N–H and O–H groups in total. The number of nitrogens with one attached hydrogen (secondary N) is 1. The van der Waals surface area contributed by atoms with Gasteiger partial charge in [-0.1, -0.05) is 38.2 Å². The van der Waals surface area contributed by atoms with Gasteiger partial charge in [0.05, 0.1) is 30.0 Å². The molecule has 0 aliphatic rings. The highest BCUT2D eigenvalue weighted by atomic mass is 32.1. The Balaban J connectivity index is 1.91. The molecule has 1 amide bonds. The molecule has 0 atom stereocenters. The molecule has 3 rings (SSSR count). The lowest BCUT2D eigenvalue weighted by molar-refractivity contribution is 0.102. The van der Waals surface area contributed by atoms with Gasteiger partial charge in [0.1, 0.15) is 0 Å². The summed E-state index contributed by atoms with van der Waals surface area (Å²) in [5.74, 6) is 1.21. The Morgan fingerprint density at radius 1 is 0.968 bits per heavy atom. The number of ether oxygens (including phenoxy) is 3. The molecule has 3 aromatic rings. The SMILES string of the molecule is CCOc1cc(C(=O)Nc2nc3ccc(C(C)(C)C)cc3s2)cc(OCC)c1OCC. The smallest absolute Gasteiger partial charge is 0.257 e. The van der Waals surface area contributed by atoms with Gasteiger partial charge in [-0.05, 0) is 56.0 Å². The fraction of sp³-hybridized carbons (Fsp3) is 0.417. The van der Waals surface area contributed by atoms with E-state index >= 15 is 0 Å². The number of carbonyl (C=O) groups is 1. The van der Waals surface area contributed by atoms with Crippen LogP contribution < -0.4 is 19.5 Å². The van der Waals surface area contributed by atoms with Gasteiger partial charge >= 0.3 is 0 Å². The number of amides is 1. The van der Waals surface area contributed by atoms with Crippen molar-refractivity contribution in [1.29, 1.82) is 0 Å². The van der Waals surface area contributed by atoms with E-state index in [1.165, 1.54) is 16.9 Å². The Bertz CT molecular complexity index is 1040. The number of fused-ring (bicyclic) bond motifs is 1. The van der Waals surface area contributed by atoms with Crippen LogP contribution in [0, 0.1) is 0 Å². The van der Waals surface area contributed by atoms with E-state index in [4.69, 9.17) is 14.2 Å². The summed E-state index contributed by atoms with van der Waals surface area (Å²) in [4.78, 5) is 17.6. The van der Waals surface area contributed by atoms with Gasteiger partial charge < -0.3 is 14.2 Å². The number of hydrogen-bond donors (Lipinski definition) is 1. The number of carbonyl (C=O) groups excluding carboxylic acids is 1. The third-order valence-corrected chi connectivity index (χ3v) is 5.58. The van der Waals surface area contributed by atoms with Gasteiger partial charge in [0.25, 0.3) is 5.91 Å². The molecular weight excluding hydrogens is 412 g/mol. The average Bonchev–Trinajstić information content (AvgIpc) is 3.11. The van der Waals surface area contributed by atoms with Crippen LogP contribution in [0.2, 0.25) is 0 Å². The minimum atomic E-state index is -0.278. The first kappa shape index (κ1) is 22.9. The van der Waals surface area contributed by atoms with Crippen LogP contribution in [0.25, 0.3) is 10.2 Å². The minimum absolute atomic E-state index is 0.0508. The molecule has 0 aliphatic carbocycles. The van der Waals surface area contributed by atoms with Crippen LogP contribution in [0.5, 0.6) is 17.2 Å². The summed E-state index contributed by atoms with van der Waals surface area (Å²) >= 11 is 1.46. The Labute approximate surface area is 187 Å². The number of nitrogens with zero attached hydrogens (tertiary/aromatic N) is 1. The molecule has 0 aliphatic heterocycles. The van der Waals surface area contributed by atoms with Gasteiger partial charge in [0, 0.05) is 5.56 Å². The summed E-state index contributed by atoms with van der Waals surface area (Å²) in [5, 5.41) is 3.46. The maximum Gasteiger partial charge on any atom is 0.257 e. The number of hydrogen-bond acceptors (Lipinski definition) is 6. The molecular formula is C24H30N2O4S. The van der Waals surface area contributed by atoms with Crippen molar-refractivity contribution >= 4 is 32.6 Å². The van der Waals surface area contributed by atoms with Crippen molar-refractivity contribution in [2.24, 2.45) is 0 Å². The Hall–Kier alpha value is -2.80. The number of benzene rings is 2. The highest BCUT2D eigenvalue weighted by Gasteiger charge is 2.20. The van der Waals surface area contributed by atoms with Crippen LogP contribution in [0.15, 0.2) is 30.3 Å². The predicted octanol–water partition coefficient (Wildman–Crippen LogP) is 6.04. The monoisotopic (exact) mass is 442 g/mol. The van der Waals surface area contributed by atoms with Gasteiger partial charge in [0.15, 0.2) is 16.6 Å². The molecule has 166 valence electrons. The van der Waals surface area contributed by atoms with E-state index in [-0.39, 0.29) is 11.3 Å². The zero-order chi connectivity index (χ0) is 22.6. The maximum absolute atomic E-state index is 13.0. The summed E-state index contributed by atoms with van der Waals surface area (Å²) in [6.07, 6.45) is 0. The second-order valence-electron chi connectivity index (χ2n) is 8.01. The highest BCUT2D eigenvalue weighted by molar-refractivity contribution is 7.22. The van der Waals surface area contributed by atoms with E-state index in [1.807, 2.05) is 26.8 Å². The van der Waals surface area contributed by atoms with Crippen LogP contribution in [0.3, 0.4) is 0 Å². The van der Waals surface area contributed by atoms with Gasteiger partial charge in [-0.15, -0.1) is 0 Å². The predicted molar refractivity (Wildman–Crippen MR) is 126 cm³/mol. The topological polar surface area (TPSA) is 69.7 Å². The first-order chi connectivity index (χ1) is 14.8. The van der Waals surface area contributed by atoms with Crippen LogP contribution >= 0.6 is 11.3 Å². The van der Waals surface area contributed by atoms with Crippen LogP contribution in [-0.2, 0) is 5.41 Å². The molecule has 31 heavy (non-hydrogen) atoms. The molecule has 0 fully saturated rings. The van der Waals surface area contributed by atoms with Crippen molar-refractivity contribution in [2.45, 2.75) is 47.0 Å². The lowest BCUT2D eigenvalue weighted by Crippen LogP contribution is -2.13. The van der Waals surface area contributed by atoms with E-state index in [0.29, 0.717) is 47.8 Å². The van der Waals surface area contributed by atoms with E-state index < -0.39 is 0 Å². The first-order valence-electron chi connectivity index (χ1n) is 10.6. The van der Waals surface area contributed by atoms with Crippen molar-refractivity contribution in [3.63, 3.8) is 0 Å². The quantitative estimate of drug-likeness (QED) is 0.460. The summed E-state index contributed by atoms with van der Waals surface area (Å²) in [7, 11) is 0. The highest BCUT2D eigenvalue weighted by Crippen LogP contribution is 2.39. The van der Waals surface area contributed by atoms with E-state index in [2.05, 4.69) is 43.2 Å². The van der Waals surface area contributed by atoms with Crippen LogP contribution in [-0.4, -0.2) is 30.7 Å². The standard InChI is InChI=1S/C24H30N2O4S/c1-7-28-18-12-15(13-19(29-8-2)21(18)30-9-3)22(27)26-23-25-17-11-10-16(24(4,5)6)14-20(17)31-23/h10-14H,7-9H2,1-6H3,(H,25,26,27). The summed E-state index contributed by atoms with van der Waals surface area (Å²) < 4.78 is 18.2. The molecule has 0 spiro atoms. The van der Waals surface area contributed by atoms with E-state index in [9.17, 15) is 4.79 Å². The fourth-order valence-electron chi connectivity index (χ4n) is 3.13. The molecule has 1 aromatic heterocycles. The second-order valence-corrected chi connectivity index (χ2v) is 9.04. The largest absolute Gasteiger partial charge is 0.490 e. The molecule has 0 saturated heterocycles. The number of aromatic nitrogens is 1. The molecule has 0 bridgehead atoms. The molecule has 1 heterocycles. The van der Waals surface area contributed by atoms with Crippen LogP contribution in [0.4, 0.5) is 5.13 Å². The van der Waals surface area contributed by atoms with Gasteiger partial charge in [-0.2, -0.15) is 0 Å². The lowest BCUT2D eigenvalue weighted by atomic mass is 9.87. The molecule has 0 unspecified atom stereocenters. The average molecular weight is 443 g/mol. The summed E-state index contributed by atoms with van der Waals surface area (Å²) in [6.45, 7) is 13.6. The number of anilines is 1. The second kappa shape index (κ2) is 9.56. The number of rotatable bonds is 8. The van der Waals surface area contributed by atoms with E-state index in [1.54, 1.807) is 12.1 Å². The summed E-state index contributed by atoms with van der Waals surface area (Å²) in [6, 6.07) is 9.58. The Kier molecular flexibility index (Phi) is 7.05. The minimum Gasteiger partial charge on any atom is -0.490 e. The molecule has 0 saturated carbocycles. The zero-order valence-corrected chi connectivity index (χ0v) is 19.8. The Morgan fingerprint density at radius 3 is 2.13 bits per heavy atom. The van der Waals surface area contributed by atoms with Crippen molar-refractivity contribution < 1.29 is 19.0 Å². The third-order valence-electron chi connectivity index (χ3n) is 4.65. The zero-order valence-electron chi connectivity index (χ0n) is 19.0. The Morgan fingerprint density at radius 2 is 1.58 bits per heavy atom. The first-order valence-corrected chi connectivity index (χ1v) is 11.4. The molecule has 0 radical (unpaired) electrons. The number of thiazole rings is 1. The van der Waals surface area contributed by atoms with Crippen LogP contribution in [0.1, 0.15) is 57.5 Å². The summed E-state index contributed by atoms with van der Waals surface area (Å²) in [5.41, 5.74) is 2.57. The maximum atomic E-state index is 13.0. The van der Waals surface area contributed by atoms with Gasteiger partial charge in [-0.3, -0.25) is 10.1 Å². The van der Waals surface area contributed by atoms with E-state index in [0.717, 1.165) is 10.2 Å².